The highest BCUT2D eigenvalue weighted by molar-refractivity contribution is 7.92. The van der Waals surface area contributed by atoms with Crippen LogP contribution in [0, 0.1) is 4.78 Å². The molecule has 2 rings (SSSR count). The molecule has 1 unspecified atom stereocenters. The second-order valence-electron chi connectivity index (χ2n) is 8.01. The summed E-state index contributed by atoms with van der Waals surface area (Å²) in [7, 11) is -5.18. The maximum Gasteiger partial charge on any atom is 0.257 e. The van der Waals surface area contributed by atoms with Crippen LogP contribution in [0.4, 0.5) is 11.4 Å². The Morgan fingerprint density at radius 3 is 2.24 bits per heavy atom. The van der Waals surface area contributed by atoms with E-state index in [2.05, 4.69) is 12.2 Å². The third-order valence-electron chi connectivity index (χ3n) is 5.35. The van der Waals surface area contributed by atoms with Crippen molar-refractivity contribution in [3.05, 3.63) is 53.6 Å². The predicted molar refractivity (Wildman–Crippen MR) is 133 cm³/mol. The minimum absolute atomic E-state index is 0.126. The van der Waals surface area contributed by atoms with E-state index in [9.17, 15) is 22.5 Å². The fourth-order valence-electron chi connectivity index (χ4n) is 3.29. The molecule has 0 aliphatic heterocycles. The van der Waals surface area contributed by atoms with Gasteiger partial charge in [-0.25, -0.2) is 17.4 Å². The number of nitrogens with one attached hydrogen (secondary N) is 2. The summed E-state index contributed by atoms with van der Waals surface area (Å²) in [5.74, 6) is -0.221. The van der Waals surface area contributed by atoms with Crippen LogP contribution in [0.3, 0.4) is 0 Å². The molecule has 0 bridgehead atoms. The predicted octanol–water partition coefficient (Wildman–Crippen LogP) is 4.20. The Balaban J connectivity index is 2.17. The van der Waals surface area contributed by atoms with Crippen molar-refractivity contribution in [1.82, 2.24) is 0 Å². The Hall–Kier alpha value is -2.43. The third kappa shape index (κ3) is 7.55. The van der Waals surface area contributed by atoms with E-state index in [4.69, 9.17) is 4.78 Å². The SMILES string of the molecule is CCCCCCCS(=N)(=O)c1ccc(NC(=O)c2ccc(CO)cc2N(C)S(C)(=O)=O)cc1. The van der Waals surface area contributed by atoms with Gasteiger partial charge in [0.2, 0.25) is 10.0 Å². The van der Waals surface area contributed by atoms with Crippen LogP contribution in [0.1, 0.15) is 54.9 Å². The Kier molecular flexibility index (Phi) is 9.45. The normalized spacial score (nSPS) is 13.3. The minimum atomic E-state index is -3.63. The van der Waals surface area contributed by atoms with Gasteiger partial charge in [-0.1, -0.05) is 38.7 Å². The smallest absolute Gasteiger partial charge is 0.257 e. The Morgan fingerprint density at radius 1 is 1.03 bits per heavy atom. The lowest BCUT2D eigenvalue weighted by atomic mass is 10.1. The van der Waals surface area contributed by atoms with Gasteiger partial charge in [0.05, 0.1) is 33.8 Å². The number of unbranched alkanes of at least 4 members (excludes halogenated alkanes) is 4. The maximum absolute atomic E-state index is 12.9. The first kappa shape index (κ1) is 26.8. The molecule has 8 nitrogen and oxygen atoms in total. The van der Waals surface area contributed by atoms with Crippen molar-refractivity contribution in [2.24, 2.45) is 0 Å². The molecule has 0 heterocycles. The average molecular weight is 496 g/mol. The van der Waals surface area contributed by atoms with Crippen molar-refractivity contribution in [3.8, 4) is 0 Å². The number of benzene rings is 2. The standard InChI is InChI=1S/C23H33N3O5S2/c1-4-5-6-7-8-15-33(24,31)20-12-10-19(11-13-20)25-23(28)21-14-9-18(17-27)16-22(21)26(2)32(3,29)30/h9-14,16,24,27H,4-8,15,17H2,1-3H3,(H,25,28). The Labute approximate surface area is 197 Å². The van der Waals surface area contributed by atoms with E-state index in [1.807, 2.05) is 0 Å². The molecular formula is C23H33N3O5S2. The molecule has 0 aliphatic rings. The molecule has 2 aromatic rings. The number of carbonyl (C=O) groups excluding carboxylic acids is 1. The molecule has 1 atom stereocenters. The van der Waals surface area contributed by atoms with Gasteiger partial charge in [-0.15, -0.1) is 0 Å². The summed E-state index contributed by atoms with van der Waals surface area (Å²) in [6, 6.07) is 10.8. The highest BCUT2D eigenvalue weighted by Gasteiger charge is 2.21. The van der Waals surface area contributed by atoms with E-state index in [1.54, 1.807) is 30.3 Å². The summed E-state index contributed by atoms with van der Waals surface area (Å²) < 4.78 is 46.0. The lowest BCUT2D eigenvalue weighted by molar-refractivity contribution is 0.102. The first-order valence-corrected chi connectivity index (χ1v) is 14.4. The molecule has 0 saturated heterocycles. The second kappa shape index (κ2) is 11.6. The van der Waals surface area contributed by atoms with Gasteiger partial charge in [0.25, 0.3) is 5.91 Å². The van der Waals surface area contributed by atoms with Gasteiger partial charge in [0.15, 0.2) is 0 Å². The molecule has 0 aliphatic carbocycles. The van der Waals surface area contributed by atoms with Crippen LogP contribution in [0.15, 0.2) is 47.4 Å². The number of hydrogen-bond acceptors (Lipinski definition) is 6. The van der Waals surface area contributed by atoms with Gasteiger partial charge >= 0.3 is 0 Å². The highest BCUT2D eigenvalue weighted by atomic mass is 32.2. The molecule has 0 fully saturated rings. The molecule has 0 saturated carbocycles. The zero-order valence-corrected chi connectivity index (χ0v) is 21.0. The summed E-state index contributed by atoms with van der Waals surface area (Å²) in [5, 5.41) is 12.1. The van der Waals surface area contributed by atoms with Crippen LogP contribution < -0.4 is 9.62 Å². The highest BCUT2D eigenvalue weighted by Crippen LogP contribution is 2.25. The second-order valence-corrected chi connectivity index (χ2v) is 12.3. The number of carbonyl (C=O) groups is 1. The van der Waals surface area contributed by atoms with Crippen LogP contribution in [0.2, 0.25) is 0 Å². The largest absolute Gasteiger partial charge is 0.392 e. The Bertz CT molecular complexity index is 1160. The van der Waals surface area contributed by atoms with Gasteiger partial charge in [0.1, 0.15) is 0 Å². The van der Waals surface area contributed by atoms with Crippen molar-refractivity contribution < 1.29 is 22.5 Å². The van der Waals surface area contributed by atoms with Crippen molar-refractivity contribution >= 4 is 37.0 Å². The van der Waals surface area contributed by atoms with E-state index >= 15 is 0 Å². The molecule has 0 aromatic heterocycles. The molecule has 2 aromatic carbocycles. The molecule has 0 spiro atoms. The summed E-state index contributed by atoms with van der Waals surface area (Å²) >= 11 is 0. The molecule has 3 N–H and O–H groups in total. The fourth-order valence-corrected chi connectivity index (χ4v) is 5.22. The quantitative estimate of drug-likeness (QED) is 0.380. The first-order valence-electron chi connectivity index (χ1n) is 10.8. The number of anilines is 2. The van der Waals surface area contributed by atoms with Crippen molar-refractivity contribution in [2.45, 2.75) is 50.5 Å². The topological polar surface area (TPSA) is 128 Å². The molecule has 33 heavy (non-hydrogen) atoms. The average Bonchev–Trinajstić information content (AvgIpc) is 2.77. The summed E-state index contributed by atoms with van der Waals surface area (Å²) in [4.78, 5) is 13.3. The van der Waals surface area contributed by atoms with E-state index in [1.165, 1.54) is 19.2 Å². The lowest BCUT2D eigenvalue weighted by Gasteiger charge is -2.21. The maximum atomic E-state index is 12.9. The molecular weight excluding hydrogens is 462 g/mol. The number of nitrogens with zero attached hydrogens (tertiary/aromatic N) is 1. The third-order valence-corrected chi connectivity index (χ3v) is 8.44. The lowest BCUT2D eigenvalue weighted by Crippen LogP contribution is -2.28. The first-order chi connectivity index (χ1) is 15.5. The van der Waals surface area contributed by atoms with Crippen LogP contribution >= 0.6 is 0 Å². The van der Waals surface area contributed by atoms with E-state index in [0.29, 0.717) is 21.9 Å². The zero-order valence-electron chi connectivity index (χ0n) is 19.3. The molecule has 1 amide bonds. The zero-order chi connectivity index (χ0) is 24.6. The van der Waals surface area contributed by atoms with Crippen LogP contribution in [0.25, 0.3) is 0 Å². The summed E-state index contributed by atoms with van der Waals surface area (Å²) in [6.07, 6.45) is 6.06. The summed E-state index contributed by atoms with van der Waals surface area (Å²) in [5.41, 5.74) is 1.18. The monoisotopic (exact) mass is 495 g/mol. The van der Waals surface area contributed by atoms with E-state index in [-0.39, 0.29) is 17.9 Å². The molecule has 182 valence electrons. The number of hydrogen-bond donors (Lipinski definition) is 3. The number of rotatable bonds is 12. The number of aliphatic hydroxyl groups is 1. The molecule has 10 heteroatoms. The number of sulfonamides is 1. The number of aliphatic hydroxyl groups excluding tert-OH is 1. The van der Waals surface area contributed by atoms with Crippen LogP contribution in [-0.4, -0.2) is 42.7 Å². The van der Waals surface area contributed by atoms with Gasteiger partial charge in [0, 0.05) is 23.4 Å². The van der Waals surface area contributed by atoms with E-state index < -0.39 is 25.7 Å². The van der Waals surface area contributed by atoms with Crippen LogP contribution in [0.5, 0.6) is 0 Å². The number of amides is 1. The van der Waals surface area contributed by atoms with Crippen molar-refractivity contribution in [3.63, 3.8) is 0 Å². The van der Waals surface area contributed by atoms with Gasteiger partial charge in [-0.2, -0.15) is 0 Å². The van der Waals surface area contributed by atoms with Crippen LogP contribution in [-0.2, 0) is 26.4 Å². The fraction of sp³-hybridized carbons (Fsp3) is 0.435. The van der Waals surface area contributed by atoms with Gasteiger partial charge < -0.3 is 10.4 Å². The van der Waals surface area contributed by atoms with Gasteiger partial charge in [-0.05, 0) is 48.4 Å². The summed E-state index contributed by atoms with van der Waals surface area (Å²) in [6.45, 7) is 1.84. The Morgan fingerprint density at radius 2 is 1.67 bits per heavy atom. The van der Waals surface area contributed by atoms with Crippen molar-refractivity contribution in [2.75, 3.05) is 28.7 Å². The van der Waals surface area contributed by atoms with Crippen molar-refractivity contribution in [1.29, 1.82) is 4.78 Å². The molecule has 0 radical (unpaired) electrons. The minimum Gasteiger partial charge on any atom is -0.392 e. The van der Waals surface area contributed by atoms with E-state index in [0.717, 1.165) is 42.7 Å². The van der Waals surface area contributed by atoms with Gasteiger partial charge in [-0.3, -0.25) is 9.10 Å².